The molecule has 2 aromatic rings. The van der Waals surface area contributed by atoms with Crippen molar-refractivity contribution in [2.45, 2.75) is 42.4 Å². The third-order valence-electron chi connectivity index (χ3n) is 3.52. The second-order valence-electron chi connectivity index (χ2n) is 5.42. The summed E-state index contributed by atoms with van der Waals surface area (Å²) in [6, 6.07) is 11.5. The van der Waals surface area contributed by atoms with Crippen molar-refractivity contribution in [1.82, 2.24) is 0 Å². The monoisotopic (exact) mass is 303 g/mol. The van der Waals surface area contributed by atoms with Crippen LogP contribution >= 0.6 is 11.8 Å². The maximum atomic E-state index is 2.35. The van der Waals surface area contributed by atoms with Crippen LogP contribution in [0.1, 0.15) is 22.3 Å². The fraction of sp³-hybridized carbons (Fsp3) is 0.333. The van der Waals surface area contributed by atoms with E-state index in [1.807, 2.05) is 11.8 Å². The molecule has 20 heavy (non-hydrogen) atoms. The smallest absolute Gasteiger partial charge is 0.130 e. The maximum Gasteiger partial charge on any atom is 0.166 e. The highest BCUT2D eigenvalue weighted by molar-refractivity contribution is 7.98. The van der Waals surface area contributed by atoms with Crippen LogP contribution in [-0.4, -0.2) is 12.5 Å². The van der Waals surface area contributed by atoms with Crippen LogP contribution in [0, 0.1) is 27.7 Å². The van der Waals surface area contributed by atoms with Gasteiger partial charge in [-0.3, -0.25) is 0 Å². The summed E-state index contributed by atoms with van der Waals surface area (Å²) in [5.41, 5.74) is 5.55. The number of hydrogen-bond donors (Lipinski definition) is 0. The summed E-state index contributed by atoms with van der Waals surface area (Å²) in [5.74, 6) is 0. The van der Waals surface area contributed by atoms with Crippen LogP contribution in [0.3, 0.4) is 0 Å². The van der Waals surface area contributed by atoms with Gasteiger partial charge in [0.1, 0.15) is 6.26 Å². The SMILES string of the molecule is CSc1cc(C)c([S+](C)c2cc(C)cc(C)c2)c(C)c1. The normalized spacial score (nSPS) is 12.5. The maximum absolute atomic E-state index is 2.35. The molecule has 0 aliphatic rings. The van der Waals surface area contributed by atoms with Gasteiger partial charge in [-0.2, -0.15) is 0 Å². The van der Waals surface area contributed by atoms with Gasteiger partial charge in [-0.25, -0.2) is 0 Å². The lowest BCUT2D eigenvalue weighted by atomic mass is 10.1. The van der Waals surface area contributed by atoms with E-state index in [-0.39, 0.29) is 10.9 Å². The predicted molar refractivity (Wildman–Crippen MR) is 93.4 cm³/mol. The van der Waals surface area contributed by atoms with Crippen molar-refractivity contribution in [3.63, 3.8) is 0 Å². The first-order valence-corrected chi connectivity index (χ1v) is 9.67. The van der Waals surface area contributed by atoms with Gasteiger partial charge in [0.2, 0.25) is 0 Å². The molecule has 0 heterocycles. The summed E-state index contributed by atoms with van der Waals surface area (Å²) < 4.78 is 0. The molecule has 0 saturated heterocycles. The van der Waals surface area contributed by atoms with Crippen LogP contribution < -0.4 is 0 Å². The Labute approximate surface area is 130 Å². The molecule has 0 saturated carbocycles. The minimum absolute atomic E-state index is 0.140. The van der Waals surface area contributed by atoms with E-state index in [4.69, 9.17) is 0 Å². The molecule has 0 nitrogen and oxygen atoms in total. The predicted octanol–water partition coefficient (Wildman–Crippen LogP) is 5.31. The summed E-state index contributed by atoms with van der Waals surface area (Å²) in [5, 5.41) is 0. The van der Waals surface area contributed by atoms with Crippen molar-refractivity contribution in [3.8, 4) is 0 Å². The Morgan fingerprint density at radius 3 is 1.75 bits per heavy atom. The average Bonchev–Trinajstić information content (AvgIpc) is 2.36. The highest BCUT2D eigenvalue weighted by Crippen LogP contribution is 2.31. The fourth-order valence-electron chi connectivity index (χ4n) is 2.74. The highest BCUT2D eigenvalue weighted by Gasteiger charge is 2.24. The van der Waals surface area contributed by atoms with Gasteiger partial charge in [-0.1, -0.05) is 6.07 Å². The van der Waals surface area contributed by atoms with E-state index in [0.717, 1.165) is 0 Å². The summed E-state index contributed by atoms with van der Waals surface area (Å²) in [7, 11) is 0.140. The van der Waals surface area contributed by atoms with Gasteiger partial charge in [-0.15, -0.1) is 11.8 Å². The molecule has 0 aromatic heterocycles. The number of hydrogen-bond acceptors (Lipinski definition) is 1. The van der Waals surface area contributed by atoms with E-state index in [1.54, 1.807) is 0 Å². The van der Waals surface area contributed by atoms with Crippen LogP contribution in [0.25, 0.3) is 0 Å². The lowest BCUT2D eigenvalue weighted by molar-refractivity contribution is 1.15. The minimum Gasteiger partial charge on any atom is -0.130 e. The molecular formula is C18H23S2+. The first kappa shape index (κ1) is 15.5. The lowest BCUT2D eigenvalue weighted by Crippen LogP contribution is -2.06. The van der Waals surface area contributed by atoms with Crippen LogP contribution in [0.15, 0.2) is 45.0 Å². The number of rotatable bonds is 3. The van der Waals surface area contributed by atoms with Crippen LogP contribution in [0.4, 0.5) is 0 Å². The Balaban J connectivity index is 2.50. The van der Waals surface area contributed by atoms with E-state index >= 15 is 0 Å². The molecule has 0 bridgehead atoms. The summed E-state index contributed by atoms with van der Waals surface area (Å²) in [4.78, 5) is 4.32. The minimum atomic E-state index is 0.140. The molecule has 0 amide bonds. The van der Waals surface area contributed by atoms with Crippen molar-refractivity contribution in [1.29, 1.82) is 0 Å². The Kier molecular flexibility index (Phi) is 4.87. The summed E-state index contributed by atoms with van der Waals surface area (Å²) in [6.07, 6.45) is 4.49. The van der Waals surface area contributed by atoms with E-state index in [9.17, 15) is 0 Å². The standard InChI is InChI=1S/C18H23S2/c1-12-7-13(2)9-17(8-12)20(6)18-14(3)10-16(19-5)11-15(18)4/h7-11H,1-6H3/q+1. The molecule has 2 aromatic carbocycles. The van der Waals surface area contributed by atoms with Crippen molar-refractivity contribution in [2.24, 2.45) is 0 Å². The third-order valence-corrected chi connectivity index (χ3v) is 6.43. The topological polar surface area (TPSA) is 0 Å². The van der Waals surface area contributed by atoms with Crippen LogP contribution in [0.2, 0.25) is 0 Å². The zero-order valence-corrected chi connectivity index (χ0v) is 14.8. The molecule has 0 fully saturated rings. The van der Waals surface area contributed by atoms with E-state index in [1.165, 1.54) is 36.9 Å². The largest absolute Gasteiger partial charge is 0.166 e. The Bertz CT molecular complexity index is 586. The average molecular weight is 304 g/mol. The van der Waals surface area contributed by atoms with Gasteiger partial charge in [0.25, 0.3) is 0 Å². The second-order valence-corrected chi connectivity index (χ2v) is 8.20. The molecule has 2 heteroatoms. The van der Waals surface area contributed by atoms with E-state index in [2.05, 4.69) is 70.5 Å². The van der Waals surface area contributed by atoms with Gasteiger partial charge in [0.15, 0.2) is 9.79 Å². The second kappa shape index (κ2) is 6.28. The summed E-state index contributed by atoms with van der Waals surface area (Å²) in [6.45, 7) is 8.86. The Morgan fingerprint density at radius 2 is 1.30 bits per heavy atom. The third kappa shape index (κ3) is 3.24. The van der Waals surface area contributed by atoms with E-state index in [0.29, 0.717) is 0 Å². The number of thioether (sulfide) groups is 1. The van der Waals surface area contributed by atoms with Gasteiger partial charge in [-0.05, 0) is 69.3 Å². The number of benzene rings is 2. The molecule has 0 N–H and O–H groups in total. The Hall–Kier alpha value is -0.860. The molecular weight excluding hydrogens is 280 g/mol. The lowest BCUT2D eigenvalue weighted by Gasteiger charge is -2.11. The van der Waals surface area contributed by atoms with Crippen molar-refractivity contribution in [2.75, 3.05) is 12.5 Å². The van der Waals surface area contributed by atoms with Crippen molar-refractivity contribution in [3.05, 3.63) is 52.6 Å². The van der Waals surface area contributed by atoms with Gasteiger partial charge >= 0.3 is 0 Å². The van der Waals surface area contributed by atoms with Crippen molar-refractivity contribution < 1.29 is 0 Å². The van der Waals surface area contributed by atoms with Crippen molar-refractivity contribution >= 4 is 22.7 Å². The fourth-order valence-corrected chi connectivity index (χ4v) is 5.37. The van der Waals surface area contributed by atoms with Crippen LogP contribution in [0.5, 0.6) is 0 Å². The Morgan fingerprint density at radius 1 is 0.800 bits per heavy atom. The van der Waals surface area contributed by atoms with Gasteiger partial charge in [0, 0.05) is 16.0 Å². The molecule has 106 valence electrons. The highest BCUT2D eigenvalue weighted by atomic mass is 32.2. The zero-order valence-electron chi connectivity index (χ0n) is 13.2. The molecule has 1 unspecified atom stereocenters. The molecule has 0 aliphatic carbocycles. The molecule has 0 spiro atoms. The molecule has 2 rings (SSSR count). The molecule has 0 aliphatic heterocycles. The zero-order chi connectivity index (χ0) is 14.9. The summed E-state index contributed by atoms with van der Waals surface area (Å²) >= 11 is 1.82. The number of aryl methyl sites for hydroxylation is 4. The van der Waals surface area contributed by atoms with Crippen LogP contribution in [-0.2, 0) is 10.9 Å². The molecule has 0 radical (unpaired) electrons. The quantitative estimate of drug-likeness (QED) is 0.547. The molecule has 1 atom stereocenters. The van der Waals surface area contributed by atoms with Gasteiger partial charge < -0.3 is 0 Å². The first-order chi connectivity index (χ1) is 9.42. The first-order valence-electron chi connectivity index (χ1n) is 6.82. The van der Waals surface area contributed by atoms with Gasteiger partial charge in [0.05, 0.1) is 10.9 Å². The van der Waals surface area contributed by atoms with E-state index < -0.39 is 0 Å².